The highest BCUT2D eigenvalue weighted by molar-refractivity contribution is 5.87. The van der Waals surface area contributed by atoms with Crippen LogP contribution in [-0.2, 0) is 9.59 Å². The summed E-state index contributed by atoms with van der Waals surface area (Å²) in [5, 5.41) is 9.49. The maximum atomic E-state index is 12.2. The molecule has 6 nitrogen and oxygen atoms in total. The zero-order valence-electron chi connectivity index (χ0n) is 11.7. The predicted octanol–water partition coefficient (Wildman–Crippen LogP) is 0.504. The minimum Gasteiger partial charge on any atom is -0.508 e. The Morgan fingerprint density at radius 2 is 2.05 bits per heavy atom. The number of phenols is 1. The number of rotatable bonds is 6. The minimum atomic E-state index is -0.938. The average Bonchev–Trinajstić information content (AvgIpc) is 2.38. The number of nitrogens with two attached hydrogens (primary N) is 2. The topological polar surface area (TPSA) is 110 Å². The molecule has 1 aromatic rings. The number of likely N-dealkylation sites (N-methyl/N-ethyl adjacent to an activating group) is 1. The summed E-state index contributed by atoms with van der Waals surface area (Å²) in [5.74, 6) is -0.798. The average molecular weight is 279 g/mol. The van der Waals surface area contributed by atoms with Crippen molar-refractivity contribution in [1.29, 1.82) is 0 Å². The van der Waals surface area contributed by atoms with E-state index in [9.17, 15) is 14.7 Å². The number of amides is 2. The van der Waals surface area contributed by atoms with Crippen LogP contribution in [0.15, 0.2) is 24.3 Å². The number of carbonyl (C=O) groups excluding carboxylic acids is 2. The van der Waals surface area contributed by atoms with Gasteiger partial charge in [0.05, 0.1) is 18.5 Å². The van der Waals surface area contributed by atoms with Crippen molar-refractivity contribution in [3.63, 3.8) is 0 Å². The summed E-state index contributed by atoms with van der Waals surface area (Å²) in [6, 6.07) is 5.50. The van der Waals surface area contributed by atoms with E-state index in [0.29, 0.717) is 6.54 Å². The van der Waals surface area contributed by atoms with Gasteiger partial charge in [-0.1, -0.05) is 12.1 Å². The van der Waals surface area contributed by atoms with Crippen LogP contribution in [0.2, 0.25) is 0 Å². The summed E-state index contributed by atoms with van der Waals surface area (Å²) in [4.78, 5) is 24.6. The molecule has 0 aliphatic carbocycles. The summed E-state index contributed by atoms with van der Waals surface area (Å²) < 4.78 is 0. The van der Waals surface area contributed by atoms with Gasteiger partial charge in [0, 0.05) is 6.54 Å². The van der Waals surface area contributed by atoms with Crippen LogP contribution >= 0.6 is 0 Å². The van der Waals surface area contributed by atoms with Crippen LogP contribution in [0, 0.1) is 0 Å². The number of phenolic OH excluding ortho intramolecular Hbond substituents is 1. The standard InChI is InChI=1S/C14H21N3O3/c1-3-17(14(20)12(15)8-13(16)19)9(2)10-5-4-6-11(18)7-10/h4-7,9,12,18H,3,8,15H2,1-2H3,(H2,16,19). The van der Waals surface area contributed by atoms with Gasteiger partial charge < -0.3 is 21.5 Å². The molecule has 6 heteroatoms. The Balaban J connectivity index is 2.89. The first-order chi connectivity index (χ1) is 9.36. The van der Waals surface area contributed by atoms with E-state index in [2.05, 4.69) is 0 Å². The van der Waals surface area contributed by atoms with Crippen molar-refractivity contribution in [3.05, 3.63) is 29.8 Å². The van der Waals surface area contributed by atoms with Gasteiger partial charge >= 0.3 is 0 Å². The number of aromatic hydroxyl groups is 1. The molecule has 0 radical (unpaired) electrons. The summed E-state index contributed by atoms with van der Waals surface area (Å²) in [5.41, 5.74) is 11.6. The fourth-order valence-electron chi connectivity index (χ4n) is 2.10. The second-order valence-electron chi connectivity index (χ2n) is 4.67. The molecule has 0 saturated heterocycles. The predicted molar refractivity (Wildman–Crippen MR) is 75.7 cm³/mol. The summed E-state index contributed by atoms with van der Waals surface area (Å²) in [7, 11) is 0. The van der Waals surface area contributed by atoms with Crippen molar-refractivity contribution in [2.45, 2.75) is 32.4 Å². The summed E-state index contributed by atoms with van der Waals surface area (Å²) >= 11 is 0. The van der Waals surface area contributed by atoms with Crippen molar-refractivity contribution in [1.82, 2.24) is 4.90 Å². The third-order valence-corrected chi connectivity index (χ3v) is 3.18. The molecule has 20 heavy (non-hydrogen) atoms. The smallest absolute Gasteiger partial charge is 0.240 e. The lowest BCUT2D eigenvalue weighted by Crippen LogP contribution is -2.46. The number of carbonyl (C=O) groups is 2. The Hall–Kier alpha value is -2.08. The van der Waals surface area contributed by atoms with E-state index >= 15 is 0 Å². The molecular weight excluding hydrogens is 258 g/mol. The van der Waals surface area contributed by atoms with Crippen LogP contribution in [0.25, 0.3) is 0 Å². The lowest BCUT2D eigenvalue weighted by molar-refractivity contribution is -0.136. The van der Waals surface area contributed by atoms with Gasteiger partial charge in [-0.05, 0) is 31.5 Å². The van der Waals surface area contributed by atoms with Gasteiger partial charge in [-0.15, -0.1) is 0 Å². The van der Waals surface area contributed by atoms with Gasteiger partial charge in [-0.2, -0.15) is 0 Å². The lowest BCUT2D eigenvalue weighted by Gasteiger charge is -2.30. The maximum Gasteiger partial charge on any atom is 0.240 e. The molecule has 110 valence electrons. The fraction of sp³-hybridized carbons (Fsp3) is 0.429. The molecular formula is C14H21N3O3. The fourth-order valence-corrected chi connectivity index (χ4v) is 2.10. The summed E-state index contributed by atoms with van der Waals surface area (Å²) in [6.45, 7) is 4.11. The van der Waals surface area contributed by atoms with E-state index in [1.54, 1.807) is 23.1 Å². The maximum absolute atomic E-state index is 12.2. The molecule has 0 aliphatic rings. The van der Waals surface area contributed by atoms with Crippen molar-refractivity contribution >= 4 is 11.8 Å². The normalized spacial score (nSPS) is 13.6. The molecule has 0 heterocycles. The van der Waals surface area contributed by atoms with Crippen LogP contribution < -0.4 is 11.5 Å². The van der Waals surface area contributed by atoms with E-state index in [0.717, 1.165) is 5.56 Å². The van der Waals surface area contributed by atoms with Crippen LogP contribution in [-0.4, -0.2) is 34.4 Å². The van der Waals surface area contributed by atoms with Crippen LogP contribution in [0.4, 0.5) is 0 Å². The van der Waals surface area contributed by atoms with Crippen molar-refractivity contribution in [3.8, 4) is 5.75 Å². The van der Waals surface area contributed by atoms with Gasteiger partial charge in [0.25, 0.3) is 0 Å². The van der Waals surface area contributed by atoms with Crippen LogP contribution in [0.1, 0.15) is 31.9 Å². The molecule has 1 rings (SSSR count). The number of hydrogen-bond acceptors (Lipinski definition) is 4. The Morgan fingerprint density at radius 3 is 2.55 bits per heavy atom. The number of primary amides is 1. The largest absolute Gasteiger partial charge is 0.508 e. The minimum absolute atomic E-state index is 0.138. The Kier molecular flexibility index (Phi) is 5.52. The van der Waals surface area contributed by atoms with E-state index in [1.165, 1.54) is 0 Å². The van der Waals surface area contributed by atoms with Crippen molar-refractivity contribution < 1.29 is 14.7 Å². The molecule has 0 aromatic heterocycles. The molecule has 0 bridgehead atoms. The Labute approximate surface area is 118 Å². The second kappa shape index (κ2) is 6.91. The van der Waals surface area contributed by atoms with E-state index in [4.69, 9.17) is 11.5 Å². The van der Waals surface area contributed by atoms with E-state index < -0.39 is 11.9 Å². The second-order valence-corrected chi connectivity index (χ2v) is 4.67. The number of benzene rings is 1. The Morgan fingerprint density at radius 1 is 1.40 bits per heavy atom. The van der Waals surface area contributed by atoms with Gasteiger partial charge in [0.1, 0.15) is 5.75 Å². The van der Waals surface area contributed by atoms with Gasteiger partial charge in [0.15, 0.2) is 0 Å². The molecule has 2 atom stereocenters. The quantitative estimate of drug-likeness (QED) is 0.704. The van der Waals surface area contributed by atoms with E-state index in [1.807, 2.05) is 19.9 Å². The van der Waals surface area contributed by atoms with E-state index in [-0.39, 0.29) is 24.1 Å². The highest BCUT2D eigenvalue weighted by atomic mass is 16.3. The van der Waals surface area contributed by atoms with Gasteiger partial charge in [-0.25, -0.2) is 0 Å². The molecule has 0 fully saturated rings. The first-order valence-electron chi connectivity index (χ1n) is 6.50. The third kappa shape index (κ3) is 3.96. The number of nitrogens with zero attached hydrogens (tertiary/aromatic N) is 1. The molecule has 5 N–H and O–H groups in total. The first-order valence-corrected chi connectivity index (χ1v) is 6.50. The van der Waals surface area contributed by atoms with Crippen LogP contribution in [0.5, 0.6) is 5.75 Å². The highest BCUT2D eigenvalue weighted by Gasteiger charge is 2.26. The van der Waals surface area contributed by atoms with Crippen molar-refractivity contribution in [2.24, 2.45) is 11.5 Å². The third-order valence-electron chi connectivity index (χ3n) is 3.18. The molecule has 0 spiro atoms. The summed E-state index contributed by atoms with van der Waals surface area (Å²) in [6.07, 6.45) is -0.178. The highest BCUT2D eigenvalue weighted by Crippen LogP contribution is 2.23. The molecule has 2 amide bonds. The molecule has 2 unspecified atom stereocenters. The van der Waals surface area contributed by atoms with Gasteiger partial charge in [-0.3, -0.25) is 9.59 Å². The SMILES string of the molecule is CCN(C(=O)C(N)CC(N)=O)C(C)c1cccc(O)c1. The lowest BCUT2D eigenvalue weighted by atomic mass is 10.0. The molecule has 0 aliphatic heterocycles. The zero-order chi connectivity index (χ0) is 15.3. The monoisotopic (exact) mass is 279 g/mol. The van der Waals surface area contributed by atoms with Crippen LogP contribution in [0.3, 0.4) is 0 Å². The zero-order valence-corrected chi connectivity index (χ0v) is 11.7. The molecule has 1 aromatic carbocycles. The molecule has 0 saturated carbocycles. The van der Waals surface area contributed by atoms with Crippen molar-refractivity contribution in [2.75, 3.05) is 6.54 Å². The first kappa shape index (κ1) is 16.0. The number of hydrogen-bond donors (Lipinski definition) is 3. The van der Waals surface area contributed by atoms with Gasteiger partial charge in [0.2, 0.25) is 11.8 Å². The Bertz CT molecular complexity index is 490.